The van der Waals surface area contributed by atoms with Gasteiger partial charge in [0.1, 0.15) is 0 Å². The summed E-state index contributed by atoms with van der Waals surface area (Å²) in [5.74, 6) is 1.58. The van der Waals surface area contributed by atoms with Crippen LogP contribution < -0.4 is 9.47 Å². The number of aromatic nitrogens is 1. The van der Waals surface area contributed by atoms with Crippen molar-refractivity contribution in [2.24, 2.45) is 0 Å². The second-order valence-corrected chi connectivity index (χ2v) is 8.67. The Morgan fingerprint density at radius 3 is 2.50 bits per heavy atom. The summed E-state index contributed by atoms with van der Waals surface area (Å²) in [4.78, 5) is 2.23. The van der Waals surface area contributed by atoms with Gasteiger partial charge in [0, 0.05) is 38.6 Å². The van der Waals surface area contributed by atoms with Crippen LogP contribution in [-0.2, 0) is 6.54 Å². The van der Waals surface area contributed by atoms with E-state index >= 15 is 0 Å². The summed E-state index contributed by atoms with van der Waals surface area (Å²) in [5, 5.41) is 20.1. The molecule has 2 aliphatic rings. The predicted molar refractivity (Wildman–Crippen MR) is 117 cm³/mol. The topological polar surface area (TPSA) is 67.1 Å². The molecule has 1 aromatic carbocycles. The number of aliphatic hydroxyl groups excluding tert-OH is 2. The second kappa shape index (κ2) is 9.86. The van der Waals surface area contributed by atoms with Crippen molar-refractivity contribution < 1.29 is 19.7 Å². The highest BCUT2D eigenvalue weighted by atomic mass is 16.5. The van der Waals surface area contributed by atoms with Crippen molar-refractivity contribution in [2.75, 3.05) is 26.7 Å². The van der Waals surface area contributed by atoms with Crippen molar-refractivity contribution in [3.8, 4) is 22.6 Å². The third-order valence-corrected chi connectivity index (χ3v) is 6.29. The molecule has 0 amide bonds. The van der Waals surface area contributed by atoms with Gasteiger partial charge in [0.05, 0.1) is 25.4 Å². The quantitative estimate of drug-likeness (QED) is 0.694. The number of ether oxygens (including phenoxy) is 2. The largest absolute Gasteiger partial charge is 0.493 e. The van der Waals surface area contributed by atoms with Crippen LogP contribution in [-0.4, -0.2) is 64.7 Å². The van der Waals surface area contributed by atoms with Gasteiger partial charge >= 0.3 is 0 Å². The number of nitrogens with zero attached hydrogens (tertiary/aromatic N) is 2. The lowest BCUT2D eigenvalue weighted by atomic mass is 10.1. The zero-order valence-corrected chi connectivity index (χ0v) is 17.9. The lowest BCUT2D eigenvalue weighted by Crippen LogP contribution is -2.41. The summed E-state index contributed by atoms with van der Waals surface area (Å²) in [6, 6.07) is 8.16. The van der Waals surface area contributed by atoms with Crippen LogP contribution in [0.2, 0.25) is 0 Å². The Bertz CT molecular complexity index is 807. The van der Waals surface area contributed by atoms with Crippen molar-refractivity contribution >= 4 is 0 Å². The Labute approximate surface area is 179 Å². The molecule has 2 heterocycles. The molecular weight excluding hydrogens is 380 g/mol. The zero-order chi connectivity index (χ0) is 20.9. The van der Waals surface area contributed by atoms with Crippen LogP contribution in [0.5, 0.6) is 11.5 Å². The number of β-amino-alcohol motifs (C(OH)–C–C–N with tert-alkyl or cyclic N) is 1. The highest BCUT2D eigenvalue weighted by Gasteiger charge is 2.20. The fraction of sp³-hybridized carbons (Fsp3) is 0.583. The fourth-order valence-corrected chi connectivity index (χ4v) is 4.56. The Balaban J connectivity index is 1.39. The number of aliphatic hydroxyl groups is 2. The normalized spacial score (nSPS) is 19.8. The molecule has 1 saturated carbocycles. The van der Waals surface area contributed by atoms with Crippen LogP contribution in [0, 0.1) is 0 Å². The molecule has 1 aliphatic carbocycles. The molecule has 2 N–H and O–H groups in total. The molecule has 0 spiro atoms. The van der Waals surface area contributed by atoms with Gasteiger partial charge in [-0.2, -0.15) is 0 Å². The number of methoxy groups -OCH3 is 1. The van der Waals surface area contributed by atoms with Crippen molar-refractivity contribution in [1.82, 2.24) is 9.47 Å². The van der Waals surface area contributed by atoms with Gasteiger partial charge < -0.3 is 29.2 Å². The van der Waals surface area contributed by atoms with Gasteiger partial charge in [0.2, 0.25) is 0 Å². The number of benzene rings is 1. The third-order valence-electron chi connectivity index (χ3n) is 6.29. The smallest absolute Gasteiger partial charge is 0.162 e. The maximum atomic E-state index is 10.5. The van der Waals surface area contributed by atoms with E-state index in [-0.39, 0.29) is 12.2 Å². The molecule has 1 saturated heterocycles. The van der Waals surface area contributed by atoms with Gasteiger partial charge in [0.15, 0.2) is 11.5 Å². The summed E-state index contributed by atoms with van der Waals surface area (Å²) >= 11 is 0. The molecule has 0 bridgehead atoms. The first-order chi connectivity index (χ1) is 14.6. The molecular formula is C24H34N2O4. The standard InChI is InChI=1S/C24H34N2O4/c1-29-23-7-6-18(14-24(23)30-22-4-2-3-5-22)19-8-11-26(15-19)17-21(28)16-25-12-9-20(27)10-13-25/h6-8,11,14-15,20-22,27-28H,2-5,9-10,12-13,16-17H2,1H3. The lowest BCUT2D eigenvalue weighted by molar-refractivity contribution is 0.0459. The molecule has 2 aromatic rings. The van der Waals surface area contributed by atoms with Crippen LogP contribution in [0.1, 0.15) is 38.5 Å². The first-order valence-corrected chi connectivity index (χ1v) is 11.2. The molecule has 1 aromatic heterocycles. The van der Waals surface area contributed by atoms with E-state index in [9.17, 15) is 10.2 Å². The Hall–Kier alpha value is -2.02. The highest BCUT2D eigenvalue weighted by molar-refractivity contribution is 5.66. The van der Waals surface area contributed by atoms with Gasteiger partial charge in [-0.1, -0.05) is 6.07 Å². The van der Waals surface area contributed by atoms with Gasteiger partial charge in [-0.25, -0.2) is 0 Å². The zero-order valence-electron chi connectivity index (χ0n) is 17.9. The van der Waals surface area contributed by atoms with E-state index < -0.39 is 6.10 Å². The molecule has 164 valence electrons. The molecule has 2 fully saturated rings. The number of rotatable bonds is 8. The van der Waals surface area contributed by atoms with E-state index in [1.54, 1.807) is 7.11 Å². The van der Waals surface area contributed by atoms with Crippen LogP contribution in [0.15, 0.2) is 36.7 Å². The molecule has 1 atom stereocenters. The van der Waals surface area contributed by atoms with E-state index in [0.717, 1.165) is 61.4 Å². The molecule has 30 heavy (non-hydrogen) atoms. The van der Waals surface area contributed by atoms with Gasteiger partial charge in [-0.3, -0.25) is 0 Å². The Morgan fingerprint density at radius 1 is 1.00 bits per heavy atom. The molecule has 1 aliphatic heterocycles. The molecule has 4 rings (SSSR count). The van der Waals surface area contributed by atoms with E-state index in [1.807, 2.05) is 16.8 Å². The Kier molecular flexibility index (Phi) is 6.97. The number of piperidine rings is 1. The monoisotopic (exact) mass is 414 g/mol. The first kappa shape index (κ1) is 21.2. The number of likely N-dealkylation sites (tertiary alicyclic amines) is 1. The average molecular weight is 415 g/mol. The van der Waals surface area contributed by atoms with E-state index in [4.69, 9.17) is 9.47 Å². The minimum atomic E-state index is -0.433. The van der Waals surface area contributed by atoms with Crippen LogP contribution in [0.25, 0.3) is 11.1 Å². The van der Waals surface area contributed by atoms with Crippen molar-refractivity contribution in [3.05, 3.63) is 36.7 Å². The van der Waals surface area contributed by atoms with Crippen molar-refractivity contribution in [3.63, 3.8) is 0 Å². The van der Waals surface area contributed by atoms with E-state index in [1.165, 1.54) is 12.8 Å². The van der Waals surface area contributed by atoms with Crippen LogP contribution in [0.4, 0.5) is 0 Å². The molecule has 6 heteroatoms. The minimum Gasteiger partial charge on any atom is -0.493 e. The second-order valence-electron chi connectivity index (χ2n) is 8.67. The SMILES string of the molecule is COc1ccc(-c2ccn(CC(O)CN3CCC(O)CC3)c2)cc1OC1CCCC1. The fourth-order valence-electron chi connectivity index (χ4n) is 4.56. The molecule has 6 nitrogen and oxygen atoms in total. The summed E-state index contributed by atoms with van der Waals surface area (Å²) in [6.07, 6.45) is 10.0. The van der Waals surface area contributed by atoms with Crippen molar-refractivity contribution in [2.45, 2.75) is 63.4 Å². The van der Waals surface area contributed by atoms with Crippen molar-refractivity contribution in [1.29, 1.82) is 0 Å². The number of hydrogen-bond acceptors (Lipinski definition) is 5. The van der Waals surface area contributed by atoms with Crippen LogP contribution in [0.3, 0.4) is 0 Å². The predicted octanol–water partition coefficient (Wildman–Crippen LogP) is 3.30. The first-order valence-electron chi connectivity index (χ1n) is 11.2. The van der Waals surface area contributed by atoms with Crippen LogP contribution >= 0.6 is 0 Å². The van der Waals surface area contributed by atoms with E-state index in [0.29, 0.717) is 13.1 Å². The maximum absolute atomic E-state index is 10.5. The molecule has 0 radical (unpaired) electrons. The lowest BCUT2D eigenvalue weighted by Gasteiger charge is -2.31. The van der Waals surface area contributed by atoms with Gasteiger partial charge in [-0.15, -0.1) is 0 Å². The third kappa shape index (κ3) is 5.36. The highest BCUT2D eigenvalue weighted by Crippen LogP contribution is 2.35. The summed E-state index contributed by atoms with van der Waals surface area (Å²) in [5.41, 5.74) is 2.18. The average Bonchev–Trinajstić information content (AvgIpc) is 3.42. The number of hydrogen-bond donors (Lipinski definition) is 2. The summed E-state index contributed by atoms with van der Waals surface area (Å²) in [6.45, 7) is 2.90. The summed E-state index contributed by atoms with van der Waals surface area (Å²) in [7, 11) is 1.68. The summed E-state index contributed by atoms with van der Waals surface area (Å²) < 4.78 is 13.8. The molecule has 1 unspecified atom stereocenters. The van der Waals surface area contributed by atoms with E-state index in [2.05, 4.69) is 29.3 Å². The van der Waals surface area contributed by atoms with Gasteiger partial charge in [-0.05, 0) is 67.9 Å². The van der Waals surface area contributed by atoms with Gasteiger partial charge in [0.25, 0.3) is 0 Å². The maximum Gasteiger partial charge on any atom is 0.162 e. The minimum absolute atomic E-state index is 0.183. The Morgan fingerprint density at radius 2 is 1.77 bits per heavy atom.